The van der Waals surface area contributed by atoms with E-state index in [1.54, 1.807) is 32.9 Å². The van der Waals surface area contributed by atoms with Gasteiger partial charge in [-0.25, -0.2) is 4.79 Å². The summed E-state index contributed by atoms with van der Waals surface area (Å²) in [5.74, 6) is 0. The molecule has 1 aromatic rings. The van der Waals surface area contributed by atoms with Crippen molar-refractivity contribution in [1.29, 1.82) is 0 Å². The molecule has 0 heterocycles. The molecule has 0 saturated heterocycles. The molecule has 1 aromatic carbocycles. The van der Waals surface area contributed by atoms with Crippen molar-refractivity contribution in [1.82, 2.24) is 0 Å². The van der Waals surface area contributed by atoms with Crippen molar-refractivity contribution in [2.24, 2.45) is 5.73 Å². The number of ether oxygens (including phenoxy) is 1. The number of carbonyl (C=O) groups excluding carboxylic acids is 1. The Morgan fingerprint density at radius 2 is 1.79 bits per heavy atom. The Morgan fingerprint density at radius 1 is 1.32 bits per heavy atom. The zero-order valence-corrected chi connectivity index (χ0v) is 11.7. The summed E-state index contributed by atoms with van der Waals surface area (Å²) in [6, 6.07) is 6.61. The monoisotopic (exact) mass is 268 g/mol. The summed E-state index contributed by atoms with van der Waals surface area (Å²) in [6.45, 7) is 7.30. The highest BCUT2D eigenvalue weighted by molar-refractivity contribution is 5.65. The molecule has 0 bridgehead atoms. The molecule has 2 N–H and O–H groups in total. The van der Waals surface area contributed by atoms with Gasteiger partial charge in [0.1, 0.15) is 5.60 Å². The minimum absolute atomic E-state index is 0.155. The number of amides is 1. The highest BCUT2D eigenvalue weighted by atomic mass is 16.6. The average molecular weight is 268 g/mol. The quantitative estimate of drug-likeness (QED) is 0.658. The Morgan fingerprint density at radius 3 is 2.00 bits per heavy atom. The summed E-state index contributed by atoms with van der Waals surface area (Å²) in [6.07, 6.45) is 0.190. The van der Waals surface area contributed by atoms with Crippen LogP contribution >= 0.6 is 0 Å². The molecule has 0 aliphatic carbocycles. The number of non-ortho nitro benzene ring substituents is 1. The van der Waals surface area contributed by atoms with Gasteiger partial charge in [-0.3, -0.25) is 10.1 Å². The van der Waals surface area contributed by atoms with Crippen LogP contribution in [-0.2, 0) is 11.2 Å². The number of carbonyl (C=O) groups is 1. The van der Waals surface area contributed by atoms with Crippen LogP contribution in [0.3, 0.4) is 0 Å². The van der Waals surface area contributed by atoms with Crippen molar-refractivity contribution < 1.29 is 14.5 Å². The normalized spacial score (nSPS) is 10.1. The largest absolute Gasteiger partial charge is 0.444 e. The van der Waals surface area contributed by atoms with Crippen LogP contribution in [0.1, 0.15) is 33.3 Å². The molecule has 0 aromatic heterocycles. The van der Waals surface area contributed by atoms with Crippen LogP contribution in [0, 0.1) is 10.1 Å². The van der Waals surface area contributed by atoms with Gasteiger partial charge in [0.05, 0.1) is 4.92 Å². The highest BCUT2D eigenvalue weighted by Crippen LogP contribution is 2.11. The van der Waals surface area contributed by atoms with E-state index in [2.05, 4.69) is 4.74 Å². The third-order valence-electron chi connectivity index (χ3n) is 1.96. The molecule has 0 atom stereocenters. The summed E-state index contributed by atoms with van der Waals surface area (Å²) in [5.41, 5.74) is 5.54. The van der Waals surface area contributed by atoms with Crippen LogP contribution in [0.5, 0.6) is 0 Å². The lowest BCUT2D eigenvalue weighted by molar-refractivity contribution is -0.384. The molecule has 0 radical (unpaired) electrons. The van der Waals surface area contributed by atoms with Crippen molar-refractivity contribution in [2.45, 2.75) is 39.7 Å². The number of nitrogens with zero attached hydrogens (tertiary/aromatic N) is 1. The van der Waals surface area contributed by atoms with E-state index in [-0.39, 0.29) is 10.6 Å². The topological polar surface area (TPSA) is 95.5 Å². The second-order valence-electron chi connectivity index (χ2n) is 4.81. The van der Waals surface area contributed by atoms with Gasteiger partial charge in [-0.2, -0.15) is 0 Å². The third-order valence-corrected chi connectivity index (χ3v) is 1.96. The molecule has 0 saturated carbocycles. The molecule has 6 nitrogen and oxygen atoms in total. The first-order valence-corrected chi connectivity index (χ1v) is 5.87. The lowest BCUT2D eigenvalue weighted by atomic mass is 10.2. The lowest BCUT2D eigenvalue weighted by Gasteiger charge is -2.16. The average Bonchev–Trinajstić information content (AvgIpc) is 2.26. The molecule has 0 spiro atoms. The van der Waals surface area contributed by atoms with Crippen molar-refractivity contribution in [3.8, 4) is 0 Å². The van der Waals surface area contributed by atoms with Crippen LogP contribution in [0.4, 0.5) is 10.5 Å². The molecule has 106 valence electrons. The number of benzene rings is 1. The Hall–Kier alpha value is -2.11. The first-order valence-electron chi connectivity index (χ1n) is 5.87. The van der Waals surface area contributed by atoms with Crippen molar-refractivity contribution in [3.05, 3.63) is 39.9 Å². The number of hydrogen-bond donors (Lipinski definition) is 1. The van der Waals surface area contributed by atoms with E-state index >= 15 is 0 Å². The van der Waals surface area contributed by atoms with Gasteiger partial charge in [-0.1, -0.05) is 19.1 Å². The summed E-state index contributed by atoms with van der Waals surface area (Å²) < 4.78 is 4.58. The highest BCUT2D eigenvalue weighted by Gasteiger charge is 2.12. The maximum atomic E-state index is 10.2. The minimum Gasteiger partial charge on any atom is -0.444 e. The Labute approximate surface area is 112 Å². The standard InChI is InChI=1S/C8H9NO2.C5H11NO2/c1-2-7-3-5-8(6-4-7)9(10)11;1-5(2,3)8-4(6)7/h3-6H,2H2,1H3;1-3H3,(H2,6,7). The summed E-state index contributed by atoms with van der Waals surface area (Å²) in [5, 5.41) is 10.2. The molecule has 0 aliphatic heterocycles. The SMILES string of the molecule is CC(C)(C)OC(N)=O.CCc1ccc([N+](=O)[O-])cc1. The fourth-order valence-corrected chi connectivity index (χ4v) is 1.16. The van der Waals surface area contributed by atoms with E-state index in [0.29, 0.717) is 0 Å². The van der Waals surface area contributed by atoms with E-state index in [1.165, 1.54) is 12.1 Å². The predicted molar refractivity (Wildman–Crippen MR) is 72.9 cm³/mol. The van der Waals surface area contributed by atoms with Crippen molar-refractivity contribution in [2.75, 3.05) is 0 Å². The van der Waals surface area contributed by atoms with Crippen LogP contribution in [-0.4, -0.2) is 16.6 Å². The number of nitro groups is 1. The zero-order chi connectivity index (χ0) is 15.1. The molecule has 0 fully saturated rings. The van der Waals surface area contributed by atoms with Gasteiger partial charge >= 0.3 is 6.09 Å². The number of rotatable bonds is 2. The first kappa shape index (κ1) is 16.9. The van der Waals surface area contributed by atoms with Gasteiger partial charge in [0.15, 0.2) is 0 Å². The van der Waals surface area contributed by atoms with Gasteiger partial charge < -0.3 is 10.5 Å². The number of nitro benzene ring substituents is 1. The summed E-state index contributed by atoms with van der Waals surface area (Å²) in [7, 11) is 0. The van der Waals surface area contributed by atoms with E-state index in [0.717, 1.165) is 12.0 Å². The smallest absolute Gasteiger partial charge is 0.405 e. The molecular formula is C13H20N2O4. The fraction of sp³-hybridized carbons (Fsp3) is 0.462. The van der Waals surface area contributed by atoms with Gasteiger partial charge in [0.25, 0.3) is 5.69 Å². The van der Waals surface area contributed by atoms with Crippen LogP contribution < -0.4 is 5.73 Å². The van der Waals surface area contributed by atoms with E-state index < -0.39 is 11.7 Å². The first-order chi connectivity index (χ1) is 8.65. The molecule has 1 rings (SSSR count). The van der Waals surface area contributed by atoms with Crippen molar-refractivity contribution in [3.63, 3.8) is 0 Å². The Balaban J connectivity index is 0.000000362. The second-order valence-corrected chi connectivity index (χ2v) is 4.81. The Kier molecular flexibility index (Phi) is 6.54. The van der Waals surface area contributed by atoms with Crippen LogP contribution in [0.2, 0.25) is 0 Å². The van der Waals surface area contributed by atoms with Gasteiger partial charge in [0, 0.05) is 12.1 Å². The number of aryl methyl sites for hydroxylation is 1. The van der Waals surface area contributed by atoms with Gasteiger partial charge in [0.2, 0.25) is 0 Å². The maximum absolute atomic E-state index is 10.2. The van der Waals surface area contributed by atoms with E-state index in [1.807, 2.05) is 6.92 Å². The number of nitrogens with two attached hydrogens (primary N) is 1. The molecule has 0 aliphatic rings. The molecule has 0 unspecified atom stereocenters. The maximum Gasteiger partial charge on any atom is 0.405 e. The molecule has 1 amide bonds. The van der Waals surface area contributed by atoms with Crippen LogP contribution in [0.25, 0.3) is 0 Å². The Bertz CT molecular complexity index is 421. The van der Waals surface area contributed by atoms with Crippen LogP contribution in [0.15, 0.2) is 24.3 Å². The number of hydrogen-bond acceptors (Lipinski definition) is 4. The lowest BCUT2D eigenvalue weighted by Crippen LogP contribution is -2.27. The second kappa shape index (κ2) is 7.35. The van der Waals surface area contributed by atoms with Gasteiger partial charge in [-0.15, -0.1) is 0 Å². The third kappa shape index (κ3) is 8.59. The number of primary amides is 1. The van der Waals surface area contributed by atoms with Gasteiger partial charge in [-0.05, 0) is 32.8 Å². The molecule has 6 heteroatoms. The minimum atomic E-state index is -0.725. The van der Waals surface area contributed by atoms with E-state index in [9.17, 15) is 14.9 Å². The predicted octanol–water partition coefficient (Wildman–Crippen LogP) is 3.04. The van der Waals surface area contributed by atoms with Crippen molar-refractivity contribution >= 4 is 11.8 Å². The zero-order valence-electron chi connectivity index (χ0n) is 11.7. The molecular weight excluding hydrogens is 248 g/mol. The fourth-order valence-electron chi connectivity index (χ4n) is 1.16. The molecule has 19 heavy (non-hydrogen) atoms. The summed E-state index contributed by atoms with van der Waals surface area (Å²) in [4.78, 5) is 19.8. The van der Waals surface area contributed by atoms with E-state index in [4.69, 9.17) is 5.73 Å². The summed E-state index contributed by atoms with van der Waals surface area (Å²) >= 11 is 0.